The maximum absolute atomic E-state index is 12.6. The standard InChI is InChI=1S/C11H10FN2/c12-11-3-1-10(2-4-11)9-14-7-5-13-6-8-14/h1-8H,9H2/q+1. The first kappa shape index (κ1) is 8.81. The summed E-state index contributed by atoms with van der Waals surface area (Å²) in [5.41, 5.74) is 1.07. The second kappa shape index (κ2) is 3.96. The molecule has 2 aromatic rings. The number of benzene rings is 1. The van der Waals surface area contributed by atoms with Gasteiger partial charge < -0.3 is 0 Å². The first-order valence-corrected chi connectivity index (χ1v) is 4.38. The zero-order valence-electron chi connectivity index (χ0n) is 7.60. The lowest BCUT2D eigenvalue weighted by Crippen LogP contribution is -2.33. The van der Waals surface area contributed by atoms with E-state index < -0.39 is 0 Å². The number of aromatic nitrogens is 2. The van der Waals surface area contributed by atoms with Crippen molar-refractivity contribution < 1.29 is 8.96 Å². The molecular weight excluding hydrogens is 179 g/mol. The van der Waals surface area contributed by atoms with E-state index in [4.69, 9.17) is 0 Å². The minimum Gasteiger partial charge on any atom is -0.252 e. The molecule has 0 N–H and O–H groups in total. The van der Waals surface area contributed by atoms with Gasteiger partial charge in [0.2, 0.25) is 0 Å². The highest BCUT2D eigenvalue weighted by molar-refractivity contribution is 5.14. The second-order valence-electron chi connectivity index (χ2n) is 3.04. The monoisotopic (exact) mass is 189 g/mol. The van der Waals surface area contributed by atoms with Gasteiger partial charge in [0.1, 0.15) is 5.82 Å². The molecule has 3 heteroatoms. The third kappa shape index (κ3) is 2.13. The van der Waals surface area contributed by atoms with Crippen molar-refractivity contribution in [1.82, 2.24) is 4.98 Å². The van der Waals surface area contributed by atoms with Gasteiger partial charge in [-0.1, -0.05) is 0 Å². The van der Waals surface area contributed by atoms with E-state index in [1.165, 1.54) is 12.1 Å². The summed E-state index contributed by atoms with van der Waals surface area (Å²) in [6.45, 7) is 0.739. The van der Waals surface area contributed by atoms with Crippen LogP contribution in [0.4, 0.5) is 4.39 Å². The zero-order chi connectivity index (χ0) is 9.80. The Bertz CT molecular complexity index is 397. The van der Waals surface area contributed by atoms with E-state index in [0.29, 0.717) is 0 Å². The minimum atomic E-state index is -0.200. The topological polar surface area (TPSA) is 16.8 Å². The van der Waals surface area contributed by atoms with Crippen molar-refractivity contribution in [2.45, 2.75) is 6.54 Å². The summed E-state index contributed by atoms with van der Waals surface area (Å²) in [5, 5.41) is 0. The molecule has 0 aliphatic heterocycles. The fraction of sp³-hybridized carbons (Fsp3) is 0.0909. The van der Waals surface area contributed by atoms with Crippen molar-refractivity contribution in [3.05, 3.63) is 60.4 Å². The van der Waals surface area contributed by atoms with E-state index in [1.807, 2.05) is 17.0 Å². The smallest absolute Gasteiger partial charge is 0.187 e. The first-order chi connectivity index (χ1) is 6.84. The lowest BCUT2D eigenvalue weighted by Gasteiger charge is -1.96. The molecule has 1 heterocycles. The molecule has 0 aliphatic rings. The predicted octanol–water partition coefficient (Wildman–Crippen LogP) is 1.56. The molecule has 0 amide bonds. The highest BCUT2D eigenvalue weighted by Crippen LogP contribution is 2.01. The van der Waals surface area contributed by atoms with Gasteiger partial charge in [-0.3, -0.25) is 4.98 Å². The molecule has 2 nitrogen and oxygen atoms in total. The van der Waals surface area contributed by atoms with Crippen LogP contribution in [0.15, 0.2) is 49.1 Å². The average molecular weight is 189 g/mol. The van der Waals surface area contributed by atoms with E-state index in [1.54, 1.807) is 24.5 Å². The molecule has 0 atom stereocenters. The van der Waals surface area contributed by atoms with Crippen LogP contribution in [0.3, 0.4) is 0 Å². The van der Waals surface area contributed by atoms with Crippen LogP contribution in [0.2, 0.25) is 0 Å². The van der Waals surface area contributed by atoms with Gasteiger partial charge >= 0.3 is 0 Å². The van der Waals surface area contributed by atoms with E-state index in [0.717, 1.165) is 12.1 Å². The van der Waals surface area contributed by atoms with Crippen LogP contribution >= 0.6 is 0 Å². The largest absolute Gasteiger partial charge is 0.252 e. The van der Waals surface area contributed by atoms with Crippen LogP contribution in [0.5, 0.6) is 0 Å². The fourth-order valence-electron chi connectivity index (χ4n) is 1.25. The van der Waals surface area contributed by atoms with Crippen molar-refractivity contribution in [2.75, 3.05) is 0 Å². The normalized spacial score (nSPS) is 10.1. The SMILES string of the molecule is Fc1ccc(C[n+]2ccncc2)cc1. The molecular formula is C11H10FN2+. The number of rotatable bonds is 2. The Hall–Kier alpha value is -1.77. The summed E-state index contributed by atoms with van der Waals surface area (Å²) in [6.07, 6.45) is 7.21. The van der Waals surface area contributed by atoms with Crippen molar-refractivity contribution in [2.24, 2.45) is 0 Å². The van der Waals surface area contributed by atoms with Gasteiger partial charge in [0, 0.05) is 5.56 Å². The quantitative estimate of drug-likeness (QED) is 0.655. The van der Waals surface area contributed by atoms with Crippen LogP contribution in [0, 0.1) is 5.82 Å². The van der Waals surface area contributed by atoms with Gasteiger partial charge in [0.05, 0.1) is 12.4 Å². The van der Waals surface area contributed by atoms with E-state index in [2.05, 4.69) is 4.98 Å². The molecule has 0 aliphatic carbocycles. The summed E-state index contributed by atoms with van der Waals surface area (Å²) >= 11 is 0. The minimum absolute atomic E-state index is 0.200. The molecule has 0 saturated heterocycles. The molecule has 0 spiro atoms. The maximum Gasteiger partial charge on any atom is 0.187 e. The van der Waals surface area contributed by atoms with Gasteiger partial charge in [0.15, 0.2) is 18.9 Å². The van der Waals surface area contributed by atoms with Crippen molar-refractivity contribution in [3.8, 4) is 0 Å². The maximum atomic E-state index is 12.6. The van der Waals surface area contributed by atoms with Gasteiger partial charge in [-0.05, 0) is 24.3 Å². The van der Waals surface area contributed by atoms with Crippen LogP contribution < -0.4 is 4.57 Å². The Labute approximate surface area is 81.7 Å². The lowest BCUT2D eigenvalue weighted by molar-refractivity contribution is -0.688. The summed E-state index contributed by atoms with van der Waals surface area (Å²) in [6, 6.07) is 6.50. The van der Waals surface area contributed by atoms with Crippen LogP contribution in [0.25, 0.3) is 0 Å². The molecule has 1 aromatic carbocycles. The highest BCUT2D eigenvalue weighted by atomic mass is 19.1. The third-order valence-electron chi connectivity index (χ3n) is 1.97. The average Bonchev–Trinajstić information content (AvgIpc) is 2.23. The van der Waals surface area contributed by atoms with Crippen LogP contribution in [-0.4, -0.2) is 4.98 Å². The van der Waals surface area contributed by atoms with E-state index in [9.17, 15) is 4.39 Å². The van der Waals surface area contributed by atoms with Gasteiger partial charge in [0.25, 0.3) is 0 Å². The Balaban J connectivity index is 2.16. The zero-order valence-corrected chi connectivity index (χ0v) is 7.60. The summed E-state index contributed by atoms with van der Waals surface area (Å²) in [5.74, 6) is -0.200. The Morgan fingerprint density at radius 1 is 1.07 bits per heavy atom. The lowest BCUT2D eigenvalue weighted by atomic mass is 10.2. The molecule has 0 unspecified atom stereocenters. The van der Waals surface area contributed by atoms with Crippen molar-refractivity contribution in [3.63, 3.8) is 0 Å². The summed E-state index contributed by atoms with van der Waals surface area (Å²) in [4.78, 5) is 3.92. The van der Waals surface area contributed by atoms with Gasteiger partial charge in [-0.2, -0.15) is 4.57 Å². The van der Waals surface area contributed by atoms with Crippen molar-refractivity contribution in [1.29, 1.82) is 0 Å². The second-order valence-corrected chi connectivity index (χ2v) is 3.04. The molecule has 0 saturated carbocycles. The molecule has 1 aromatic heterocycles. The molecule has 2 rings (SSSR count). The van der Waals surface area contributed by atoms with E-state index in [-0.39, 0.29) is 5.82 Å². The molecule has 14 heavy (non-hydrogen) atoms. The first-order valence-electron chi connectivity index (χ1n) is 4.38. The summed E-state index contributed by atoms with van der Waals surface area (Å²) < 4.78 is 14.6. The molecule has 0 fully saturated rings. The number of hydrogen-bond donors (Lipinski definition) is 0. The molecule has 70 valence electrons. The van der Waals surface area contributed by atoms with E-state index >= 15 is 0 Å². The van der Waals surface area contributed by atoms with Crippen LogP contribution in [-0.2, 0) is 6.54 Å². The fourth-order valence-corrected chi connectivity index (χ4v) is 1.25. The Kier molecular flexibility index (Phi) is 2.49. The number of nitrogens with zero attached hydrogens (tertiary/aromatic N) is 2. The highest BCUT2D eigenvalue weighted by Gasteiger charge is 2.00. The van der Waals surface area contributed by atoms with Crippen LogP contribution in [0.1, 0.15) is 5.56 Å². The summed E-state index contributed by atoms with van der Waals surface area (Å²) in [7, 11) is 0. The third-order valence-corrected chi connectivity index (χ3v) is 1.97. The van der Waals surface area contributed by atoms with Gasteiger partial charge in [-0.15, -0.1) is 0 Å². The Morgan fingerprint density at radius 3 is 2.36 bits per heavy atom. The molecule has 0 bridgehead atoms. The number of halogens is 1. The predicted molar refractivity (Wildman–Crippen MR) is 49.9 cm³/mol. The Morgan fingerprint density at radius 2 is 1.71 bits per heavy atom. The number of hydrogen-bond acceptors (Lipinski definition) is 1. The molecule has 0 radical (unpaired) electrons. The van der Waals surface area contributed by atoms with Gasteiger partial charge in [-0.25, -0.2) is 4.39 Å². The van der Waals surface area contributed by atoms with Crippen molar-refractivity contribution >= 4 is 0 Å².